The predicted molar refractivity (Wildman–Crippen MR) is 106 cm³/mol. The van der Waals surface area contributed by atoms with E-state index in [1.54, 1.807) is 34.3 Å². The van der Waals surface area contributed by atoms with Crippen molar-refractivity contribution in [1.82, 2.24) is 9.97 Å². The molecule has 5 rings (SSSR count). The summed E-state index contributed by atoms with van der Waals surface area (Å²) < 4.78 is 41.1. The summed E-state index contributed by atoms with van der Waals surface area (Å²) in [4.78, 5) is 14.2. The van der Waals surface area contributed by atoms with Crippen molar-refractivity contribution in [3.05, 3.63) is 60.4 Å². The van der Waals surface area contributed by atoms with E-state index in [4.69, 9.17) is 0 Å². The van der Waals surface area contributed by atoms with Gasteiger partial charge in [0.2, 0.25) is 0 Å². The Balaban J connectivity index is 1.64. The fourth-order valence-corrected chi connectivity index (χ4v) is 3.73. The highest BCUT2D eigenvalue weighted by molar-refractivity contribution is 5.83. The summed E-state index contributed by atoms with van der Waals surface area (Å²) in [5.41, 5.74) is 1.82. The van der Waals surface area contributed by atoms with Gasteiger partial charge in [0, 0.05) is 30.8 Å². The lowest BCUT2D eigenvalue weighted by Crippen LogP contribution is -2.25. The number of fused-ring (bicyclic) bond motifs is 2. The first kappa shape index (κ1) is 17.6. The van der Waals surface area contributed by atoms with Crippen LogP contribution >= 0.6 is 0 Å². The van der Waals surface area contributed by atoms with Crippen LogP contribution in [-0.4, -0.2) is 30.4 Å². The highest BCUT2D eigenvalue weighted by atomic mass is 19.4. The zero-order valence-corrected chi connectivity index (χ0v) is 15.5. The van der Waals surface area contributed by atoms with Gasteiger partial charge in [-0.3, -0.25) is 0 Å². The highest BCUT2D eigenvalue weighted by Crippen LogP contribution is 2.44. The van der Waals surface area contributed by atoms with Gasteiger partial charge in [0.05, 0.1) is 30.3 Å². The molecule has 2 aliphatic heterocycles. The van der Waals surface area contributed by atoms with Crippen molar-refractivity contribution < 1.29 is 13.2 Å². The number of alkyl halides is 3. The van der Waals surface area contributed by atoms with E-state index in [0.29, 0.717) is 36.3 Å². The van der Waals surface area contributed by atoms with Crippen LogP contribution in [0.5, 0.6) is 0 Å². The summed E-state index contributed by atoms with van der Waals surface area (Å²) in [5, 5.41) is 3.17. The standard InChI is InChI=1S/C20H17F3N6/c1-27-12-29(19-17(27)5-3-7-25-19)15-9-13(20(21,22)23)8-14(10-15)28-11-26-16-4-2-6-24-18(16)28/h2-10,26H,11-12H2,1H3. The lowest BCUT2D eigenvalue weighted by Gasteiger charge is -2.24. The Morgan fingerprint density at radius 2 is 1.62 bits per heavy atom. The molecule has 29 heavy (non-hydrogen) atoms. The summed E-state index contributed by atoms with van der Waals surface area (Å²) in [6, 6.07) is 11.4. The zero-order valence-electron chi connectivity index (χ0n) is 15.5. The van der Waals surface area contributed by atoms with E-state index < -0.39 is 11.7 Å². The van der Waals surface area contributed by atoms with Crippen LogP contribution in [0, 0.1) is 0 Å². The Morgan fingerprint density at radius 3 is 2.38 bits per heavy atom. The Hall–Kier alpha value is -3.49. The molecule has 2 aromatic heterocycles. The molecule has 0 saturated heterocycles. The molecule has 0 unspecified atom stereocenters. The van der Waals surface area contributed by atoms with Crippen LogP contribution in [0.3, 0.4) is 0 Å². The first-order valence-electron chi connectivity index (χ1n) is 9.04. The minimum atomic E-state index is -4.47. The molecule has 0 bridgehead atoms. The quantitative estimate of drug-likeness (QED) is 0.683. The fraction of sp³-hybridized carbons (Fsp3) is 0.200. The summed E-state index contributed by atoms with van der Waals surface area (Å²) >= 11 is 0. The number of halogens is 3. The van der Waals surface area contributed by atoms with Gasteiger partial charge in [-0.1, -0.05) is 0 Å². The minimum Gasteiger partial charge on any atom is -0.364 e. The lowest BCUT2D eigenvalue weighted by molar-refractivity contribution is -0.137. The molecule has 0 amide bonds. The Morgan fingerprint density at radius 1 is 0.931 bits per heavy atom. The van der Waals surface area contributed by atoms with Gasteiger partial charge in [0.25, 0.3) is 0 Å². The van der Waals surface area contributed by atoms with Crippen LogP contribution in [0.15, 0.2) is 54.9 Å². The van der Waals surface area contributed by atoms with E-state index in [-0.39, 0.29) is 0 Å². The molecule has 0 spiro atoms. The summed E-state index contributed by atoms with van der Waals surface area (Å²) in [6.07, 6.45) is -1.20. The molecular weight excluding hydrogens is 381 g/mol. The summed E-state index contributed by atoms with van der Waals surface area (Å²) in [7, 11) is 1.89. The Bertz CT molecular complexity index is 1080. The molecule has 1 aromatic carbocycles. The lowest BCUT2D eigenvalue weighted by atomic mass is 10.1. The van der Waals surface area contributed by atoms with Gasteiger partial charge in [-0.05, 0) is 42.5 Å². The number of anilines is 6. The predicted octanol–water partition coefficient (Wildman–Crippen LogP) is 4.56. The van der Waals surface area contributed by atoms with Gasteiger partial charge in [0.1, 0.15) is 0 Å². The maximum Gasteiger partial charge on any atom is 0.416 e. The second-order valence-corrected chi connectivity index (χ2v) is 6.99. The van der Waals surface area contributed by atoms with Gasteiger partial charge in [-0.25, -0.2) is 9.97 Å². The number of pyridine rings is 2. The van der Waals surface area contributed by atoms with Crippen molar-refractivity contribution in [2.45, 2.75) is 6.18 Å². The van der Waals surface area contributed by atoms with Gasteiger partial charge in [-0.2, -0.15) is 13.2 Å². The van der Waals surface area contributed by atoms with Crippen molar-refractivity contribution in [2.24, 2.45) is 0 Å². The average Bonchev–Trinajstić information content (AvgIpc) is 3.29. The molecule has 3 aromatic rings. The first-order valence-corrected chi connectivity index (χ1v) is 9.04. The Labute approximate surface area is 165 Å². The van der Waals surface area contributed by atoms with Crippen molar-refractivity contribution in [2.75, 3.05) is 40.4 Å². The molecule has 2 aliphatic rings. The number of benzene rings is 1. The molecule has 6 nitrogen and oxygen atoms in total. The molecule has 0 atom stereocenters. The van der Waals surface area contributed by atoms with Crippen molar-refractivity contribution in [1.29, 1.82) is 0 Å². The van der Waals surface area contributed by atoms with Crippen LogP contribution in [0.25, 0.3) is 0 Å². The summed E-state index contributed by atoms with van der Waals surface area (Å²) in [5.74, 6) is 1.24. The number of hydrogen-bond donors (Lipinski definition) is 1. The third-order valence-corrected chi connectivity index (χ3v) is 5.11. The maximum atomic E-state index is 13.7. The third kappa shape index (κ3) is 2.89. The minimum absolute atomic E-state index is 0.349. The monoisotopic (exact) mass is 398 g/mol. The SMILES string of the molecule is CN1CN(c2cc(N3CNc4cccnc43)cc(C(F)(F)F)c2)c2ncccc21. The van der Waals surface area contributed by atoms with E-state index in [1.807, 2.05) is 30.1 Å². The van der Waals surface area contributed by atoms with Crippen molar-refractivity contribution >= 4 is 34.4 Å². The fourth-order valence-electron chi connectivity index (χ4n) is 3.73. The van der Waals surface area contributed by atoms with Crippen molar-refractivity contribution in [3.8, 4) is 0 Å². The molecule has 0 aliphatic carbocycles. The van der Waals surface area contributed by atoms with E-state index in [1.165, 1.54) is 6.07 Å². The zero-order chi connectivity index (χ0) is 20.2. The van der Waals surface area contributed by atoms with Crippen LogP contribution in [0.4, 0.5) is 47.6 Å². The molecule has 0 saturated carbocycles. The number of aromatic nitrogens is 2. The molecule has 148 valence electrons. The van der Waals surface area contributed by atoms with E-state index in [2.05, 4.69) is 15.3 Å². The van der Waals surface area contributed by atoms with Crippen LogP contribution in [-0.2, 0) is 6.18 Å². The normalized spacial score (nSPS) is 15.4. The molecule has 1 N–H and O–H groups in total. The van der Waals surface area contributed by atoms with Crippen LogP contribution in [0.2, 0.25) is 0 Å². The largest absolute Gasteiger partial charge is 0.416 e. The second-order valence-electron chi connectivity index (χ2n) is 6.99. The summed E-state index contributed by atoms with van der Waals surface area (Å²) in [6.45, 7) is 0.766. The van der Waals surface area contributed by atoms with Gasteiger partial charge in [-0.15, -0.1) is 0 Å². The third-order valence-electron chi connectivity index (χ3n) is 5.11. The van der Waals surface area contributed by atoms with Gasteiger partial charge in [0.15, 0.2) is 11.6 Å². The molecule has 4 heterocycles. The van der Waals surface area contributed by atoms with Gasteiger partial charge < -0.3 is 20.0 Å². The highest BCUT2D eigenvalue weighted by Gasteiger charge is 2.35. The average molecular weight is 398 g/mol. The van der Waals surface area contributed by atoms with E-state index >= 15 is 0 Å². The van der Waals surface area contributed by atoms with Crippen molar-refractivity contribution in [3.63, 3.8) is 0 Å². The van der Waals surface area contributed by atoms with E-state index in [9.17, 15) is 13.2 Å². The number of nitrogens with zero attached hydrogens (tertiary/aromatic N) is 5. The number of rotatable bonds is 2. The molecular formula is C20H17F3N6. The molecule has 0 fully saturated rings. The maximum absolute atomic E-state index is 13.7. The topological polar surface area (TPSA) is 47.5 Å². The number of hydrogen-bond acceptors (Lipinski definition) is 6. The molecule has 0 radical (unpaired) electrons. The number of nitrogens with one attached hydrogen (secondary N) is 1. The van der Waals surface area contributed by atoms with Crippen LogP contribution < -0.4 is 20.0 Å². The van der Waals surface area contributed by atoms with Gasteiger partial charge >= 0.3 is 6.18 Å². The first-order chi connectivity index (χ1) is 13.9. The van der Waals surface area contributed by atoms with Crippen LogP contribution in [0.1, 0.15) is 5.56 Å². The van der Waals surface area contributed by atoms with E-state index in [0.717, 1.165) is 17.4 Å². The second kappa shape index (κ2) is 6.26. The Kier molecular flexibility index (Phi) is 3.80. The molecule has 9 heteroatoms. The smallest absolute Gasteiger partial charge is 0.364 e.